The Hall–Kier alpha value is -1.93. The number of thiophene rings is 1. The van der Waals surface area contributed by atoms with Crippen molar-refractivity contribution in [3.63, 3.8) is 0 Å². The highest BCUT2D eigenvalue weighted by atomic mass is 32.2. The Kier molecular flexibility index (Phi) is 2.73. The summed E-state index contributed by atoms with van der Waals surface area (Å²) in [5.74, 6) is 0.123. The molecule has 0 aliphatic rings. The molecule has 0 amide bonds. The highest BCUT2D eigenvalue weighted by Gasteiger charge is 2.15. The monoisotopic (exact) mass is 253 g/mol. The molecule has 0 saturated heterocycles. The van der Waals surface area contributed by atoms with Gasteiger partial charge in [0, 0.05) is 27.5 Å². The van der Waals surface area contributed by atoms with Crippen LogP contribution < -0.4 is 0 Å². The third-order valence-corrected chi connectivity index (χ3v) is 5.07. The molecule has 0 radical (unpaired) electrons. The van der Waals surface area contributed by atoms with Crippen molar-refractivity contribution in [1.82, 2.24) is 0 Å². The first kappa shape index (κ1) is 11.2. The molecule has 18 heavy (non-hydrogen) atoms. The van der Waals surface area contributed by atoms with Crippen LogP contribution in [0.25, 0.3) is 15.0 Å². The molecule has 1 heterocycles. The van der Waals surface area contributed by atoms with E-state index >= 15 is 0 Å². The molecule has 0 N–H and O–H groups in total. The minimum Gasteiger partial charge on any atom is -0.295 e. The Morgan fingerprint density at radius 3 is 2.50 bits per heavy atom. The first-order valence-corrected chi connectivity index (χ1v) is 7.16. The quantitative estimate of drug-likeness (QED) is 0.474. The fourth-order valence-corrected chi connectivity index (χ4v) is 3.97. The molecule has 88 valence electrons. The van der Waals surface area contributed by atoms with E-state index in [1.165, 1.54) is 15.0 Å². The Morgan fingerprint density at radius 2 is 1.78 bits per heavy atom. The number of rotatable bonds is 2. The summed E-state index contributed by atoms with van der Waals surface area (Å²) in [6.45, 7) is 1.61. The lowest BCUT2D eigenvalue weighted by Crippen LogP contribution is -1.89. The van der Waals surface area contributed by atoms with E-state index < -0.39 is 0 Å². The third-order valence-electron chi connectivity index (χ3n) is 3.03. The number of Topliss-reactive ketones (excluding diaryl/α,β-unsaturated/α-hetero) is 1. The fraction of sp³-hybridized carbons (Fsp3) is 0.0625. The summed E-state index contributed by atoms with van der Waals surface area (Å²) in [4.78, 5) is 12.7. The van der Waals surface area contributed by atoms with Gasteiger partial charge in [0.25, 0.3) is 0 Å². The van der Waals surface area contributed by atoms with E-state index in [-0.39, 0.29) is 16.3 Å². The number of carbonyl (C=O) groups is 1. The Balaban J connectivity index is 2.19. The molecular formula is C16H13OS+. The summed E-state index contributed by atoms with van der Waals surface area (Å²) in [7, 11) is 0.0210. The van der Waals surface area contributed by atoms with Gasteiger partial charge in [-0.05, 0) is 37.3 Å². The Labute approximate surface area is 109 Å². The van der Waals surface area contributed by atoms with Gasteiger partial charge < -0.3 is 0 Å². The van der Waals surface area contributed by atoms with Crippen molar-refractivity contribution in [2.75, 3.05) is 0 Å². The van der Waals surface area contributed by atoms with Crippen molar-refractivity contribution in [2.24, 2.45) is 0 Å². The zero-order chi connectivity index (χ0) is 12.5. The summed E-state index contributed by atoms with van der Waals surface area (Å²) < 4.78 is 1.31. The van der Waals surface area contributed by atoms with Crippen LogP contribution in [-0.4, -0.2) is 5.78 Å². The summed E-state index contributed by atoms with van der Waals surface area (Å²) in [6.07, 6.45) is 0. The lowest BCUT2D eigenvalue weighted by molar-refractivity contribution is 0.101. The molecule has 0 spiro atoms. The number of fused-ring (bicyclic) bond motifs is 1. The largest absolute Gasteiger partial charge is 0.295 e. The molecule has 3 rings (SSSR count). The lowest BCUT2D eigenvalue weighted by atomic mass is 10.1. The van der Waals surface area contributed by atoms with E-state index in [4.69, 9.17) is 0 Å². The number of hydrogen-bond donors (Lipinski definition) is 0. The molecule has 2 heteroatoms. The van der Waals surface area contributed by atoms with E-state index in [1.54, 1.807) is 6.92 Å². The minimum atomic E-state index is 0.0210. The van der Waals surface area contributed by atoms with Crippen LogP contribution in [-0.2, 0) is 0 Å². The predicted molar refractivity (Wildman–Crippen MR) is 77.8 cm³/mol. The van der Waals surface area contributed by atoms with E-state index in [9.17, 15) is 4.79 Å². The van der Waals surface area contributed by atoms with Crippen LogP contribution in [0.4, 0.5) is 0 Å². The average Bonchev–Trinajstić information content (AvgIpc) is 2.82. The van der Waals surface area contributed by atoms with Crippen molar-refractivity contribution in [3.8, 4) is 4.90 Å². The topological polar surface area (TPSA) is 17.1 Å². The normalized spacial score (nSPS) is 11.7. The van der Waals surface area contributed by atoms with Gasteiger partial charge in [-0.3, -0.25) is 4.79 Å². The van der Waals surface area contributed by atoms with Crippen LogP contribution in [0.15, 0.2) is 60.0 Å². The summed E-state index contributed by atoms with van der Waals surface area (Å²) >= 11 is 0. The van der Waals surface area contributed by atoms with E-state index in [1.807, 2.05) is 18.2 Å². The summed E-state index contributed by atoms with van der Waals surface area (Å²) in [5.41, 5.74) is 0.789. The molecule has 0 fully saturated rings. The number of carbonyl (C=O) groups excluding carboxylic acids is 1. The Bertz CT molecular complexity index is 710. The molecule has 1 atom stereocenters. The van der Waals surface area contributed by atoms with Crippen molar-refractivity contribution in [3.05, 3.63) is 65.5 Å². The predicted octanol–water partition coefficient (Wildman–Crippen LogP) is 4.78. The van der Waals surface area contributed by atoms with Gasteiger partial charge >= 0.3 is 0 Å². The number of ketones is 1. The summed E-state index contributed by atoms with van der Waals surface area (Å²) in [6, 6.07) is 18.6. The molecular weight excluding hydrogens is 240 g/mol. The van der Waals surface area contributed by atoms with Gasteiger partial charge in [0.2, 0.25) is 0 Å². The van der Waals surface area contributed by atoms with Crippen LogP contribution in [0, 0.1) is 0 Å². The van der Waals surface area contributed by atoms with Crippen LogP contribution >= 0.6 is 10.5 Å². The maximum absolute atomic E-state index is 11.4. The van der Waals surface area contributed by atoms with Gasteiger partial charge in [-0.15, -0.1) is 0 Å². The lowest BCUT2D eigenvalue weighted by Gasteiger charge is -1.94. The highest BCUT2D eigenvalue weighted by Crippen LogP contribution is 2.39. The van der Waals surface area contributed by atoms with Gasteiger partial charge in [-0.1, -0.05) is 18.2 Å². The van der Waals surface area contributed by atoms with Crippen LogP contribution in [0.1, 0.15) is 17.3 Å². The van der Waals surface area contributed by atoms with E-state index in [0.717, 1.165) is 5.56 Å². The smallest absolute Gasteiger partial charge is 0.186 e. The molecule has 2 aromatic carbocycles. The van der Waals surface area contributed by atoms with Gasteiger partial charge in [0.1, 0.15) is 5.38 Å². The minimum absolute atomic E-state index is 0.0210. The maximum atomic E-state index is 11.4. The number of benzene rings is 2. The van der Waals surface area contributed by atoms with E-state index in [2.05, 4.69) is 41.8 Å². The Morgan fingerprint density at radius 1 is 1.00 bits per heavy atom. The summed E-state index contributed by atoms with van der Waals surface area (Å²) in [5, 5.41) is 3.40. The molecule has 3 aromatic rings. The van der Waals surface area contributed by atoms with Crippen molar-refractivity contribution >= 4 is 26.3 Å². The van der Waals surface area contributed by atoms with Crippen molar-refractivity contribution < 1.29 is 4.79 Å². The van der Waals surface area contributed by atoms with Gasteiger partial charge in [-0.25, -0.2) is 0 Å². The zero-order valence-electron chi connectivity index (χ0n) is 10.1. The highest BCUT2D eigenvalue weighted by molar-refractivity contribution is 7.43. The van der Waals surface area contributed by atoms with E-state index in [0.29, 0.717) is 0 Å². The first-order chi connectivity index (χ1) is 8.75. The van der Waals surface area contributed by atoms with Crippen LogP contribution in [0.3, 0.4) is 0 Å². The molecule has 1 aromatic heterocycles. The van der Waals surface area contributed by atoms with Crippen LogP contribution in [0.2, 0.25) is 0 Å². The number of hydrogen-bond acceptors (Lipinski definition) is 1. The SMILES string of the molecule is CC(=O)c1ccc2c(cc[s+]2-c2ccccc2)c1. The molecule has 0 aliphatic heterocycles. The zero-order valence-corrected chi connectivity index (χ0v) is 10.9. The second-order valence-electron chi connectivity index (χ2n) is 4.26. The maximum Gasteiger partial charge on any atom is 0.186 e. The molecule has 0 saturated carbocycles. The molecule has 0 aliphatic carbocycles. The standard InChI is InChI=1S/C16H13OS/c1-12(17)13-7-8-16-14(11-13)9-10-18(16)15-5-3-2-4-6-15/h2-11H,1H3/q+1. The first-order valence-electron chi connectivity index (χ1n) is 5.87. The molecule has 0 bridgehead atoms. The molecule has 1 unspecified atom stereocenters. The van der Waals surface area contributed by atoms with Gasteiger partial charge in [0.15, 0.2) is 15.4 Å². The molecule has 1 nitrogen and oxygen atoms in total. The second-order valence-corrected chi connectivity index (χ2v) is 6.12. The third kappa shape index (κ3) is 1.85. The second kappa shape index (κ2) is 4.39. The fourth-order valence-electron chi connectivity index (χ4n) is 2.09. The average molecular weight is 253 g/mol. The van der Waals surface area contributed by atoms with Crippen molar-refractivity contribution in [2.45, 2.75) is 6.92 Å². The van der Waals surface area contributed by atoms with Gasteiger partial charge in [0.05, 0.1) is 0 Å². The van der Waals surface area contributed by atoms with Crippen LogP contribution in [0.5, 0.6) is 0 Å². The van der Waals surface area contributed by atoms with Crippen molar-refractivity contribution in [1.29, 1.82) is 0 Å². The van der Waals surface area contributed by atoms with Gasteiger partial charge in [-0.2, -0.15) is 0 Å².